The fourth-order valence-corrected chi connectivity index (χ4v) is 2.99. The van der Waals surface area contributed by atoms with Gasteiger partial charge in [0, 0.05) is 18.1 Å². The van der Waals surface area contributed by atoms with Gasteiger partial charge in [0.15, 0.2) is 17.6 Å². The third kappa shape index (κ3) is 5.98. The Labute approximate surface area is 151 Å². The molecule has 0 fully saturated rings. The van der Waals surface area contributed by atoms with Gasteiger partial charge >= 0.3 is 0 Å². The number of carbonyl (C=O) groups is 1. The summed E-state index contributed by atoms with van der Waals surface area (Å²) in [6.07, 6.45) is -0.632. The summed E-state index contributed by atoms with van der Waals surface area (Å²) in [5, 5.41) is 2.82. The Kier molecular flexibility index (Phi) is 7.60. The molecule has 0 heterocycles. The molecule has 0 radical (unpaired) electrons. The SMILES string of the molecule is COc1ccccc1O[C@@H](C)C(=O)NCCSCc1ccccc1F. The van der Waals surface area contributed by atoms with Crippen molar-refractivity contribution in [1.29, 1.82) is 0 Å². The second-order valence-corrected chi connectivity index (χ2v) is 6.45. The molecular weight excluding hydrogens is 341 g/mol. The number of para-hydroxylation sites is 2. The molecule has 2 aromatic rings. The summed E-state index contributed by atoms with van der Waals surface area (Å²) in [4.78, 5) is 12.1. The monoisotopic (exact) mass is 363 g/mol. The zero-order chi connectivity index (χ0) is 18.1. The summed E-state index contributed by atoms with van der Waals surface area (Å²) in [7, 11) is 1.56. The van der Waals surface area contributed by atoms with Crippen molar-refractivity contribution >= 4 is 17.7 Å². The predicted molar refractivity (Wildman–Crippen MR) is 98.7 cm³/mol. The quantitative estimate of drug-likeness (QED) is 0.691. The molecule has 0 saturated carbocycles. The van der Waals surface area contributed by atoms with Gasteiger partial charge in [-0.05, 0) is 30.7 Å². The van der Waals surface area contributed by atoms with E-state index in [2.05, 4.69) is 5.32 Å². The number of hydrogen-bond acceptors (Lipinski definition) is 4. The van der Waals surface area contributed by atoms with Gasteiger partial charge in [-0.1, -0.05) is 30.3 Å². The summed E-state index contributed by atoms with van der Waals surface area (Å²) in [5.41, 5.74) is 0.673. The molecule has 0 aliphatic carbocycles. The van der Waals surface area contributed by atoms with Crippen LogP contribution >= 0.6 is 11.8 Å². The molecular formula is C19H22FNO3S. The lowest BCUT2D eigenvalue weighted by Gasteiger charge is -2.16. The van der Waals surface area contributed by atoms with Gasteiger partial charge in [0.25, 0.3) is 5.91 Å². The minimum atomic E-state index is -0.632. The molecule has 1 atom stereocenters. The Morgan fingerprint density at radius 2 is 1.84 bits per heavy atom. The van der Waals surface area contributed by atoms with Crippen molar-refractivity contribution in [2.24, 2.45) is 0 Å². The molecule has 0 saturated heterocycles. The van der Waals surface area contributed by atoms with Crippen LogP contribution in [0.4, 0.5) is 4.39 Å². The first-order chi connectivity index (χ1) is 12.1. The first-order valence-corrected chi connectivity index (χ1v) is 9.16. The van der Waals surface area contributed by atoms with Crippen molar-refractivity contribution in [3.05, 3.63) is 59.9 Å². The number of rotatable bonds is 9. The molecule has 0 spiro atoms. The first-order valence-electron chi connectivity index (χ1n) is 8.00. The fraction of sp³-hybridized carbons (Fsp3) is 0.316. The Morgan fingerprint density at radius 3 is 2.56 bits per heavy atom. The highest BCUT2D eigenvalue weighted by Crippen LogP contribution is 2.26. The van der Waals surface area contributed by atoms with Crippen LogP contribution in [0.1, 0.15) is 12.5 Å². The van der Waals surface area contributed by atoms with E-state index in [1.165, 1.54) is 6.07 Å². The zero-order valence-corrected chi connectivity index (χ0v) is 15.1. The molecule has 2 aromatic carbocycles. The lowest BCUT2D eigenvalue weighted by Crippen LogP contribution is -2.37. The van der Waals surface area contributed by atoms with Crippen molar-refractivity contribution in [3.8, 4) is 11.5 Å². The van der Waals surface area contributed by atoms with Gasteiger partial charge in [0.05, 0.1) is 7.11 Å². The van der Waals surface area contributed by atoms with Crippen molar-refractivity contribution in [1.82, 2.24) is 5.32 Å². The smallest absolute Gasteiger partial charge is 0.260 e. The Hall–Kier alpha value is -2.21. The van der Waals surface area contributed by atoms with Crippen LogP contribution in [0.5, 0.6) is 11.5 Å². The molecule has 0 aliphatic rings. The molecule has 2 rings (SSSR count). The van der Waals surface area contributed by atoms with Gasteiger partial charge in [0.2, 0.25) is 0 Å². The molecule has 6 heteroatoms. The van der Waals surface area contributed by atoms with Crippen molar-refractivity contribution in [2.75, 3.05) is 19.4 Å². The summed E-state index contributed by atoms with van der Waals surface area (Å²) in [6.45, 7) is 2.19. The molecule has 134 valence electrons. The molecule has 1 amide bonds. The minimum Gasteiger partial charge on any atom is -0.493 e. The lowest BCUT2D eigenvalue weighted by molar-refractivity contribution is -0.127. The number of amides is 1. The second-order valence-electron chi connectivity index (χ2n) is 5.35. The van der Waals surface area contributed by atoms with Gasteiger partial charge in [0.1, 0.15) is 5.82 Å². The van der Waals surface area contributed by atoms with Gasteiger partial charge in [-0.15, -0.1) is 0 Å². The molecule has 0 aliphatic heterocycles. The van der Waals surface area contributed by atoms with Crippen LogP contribution < -0.4 is 14.8 Å². The van der Waals surface area contributed by atoms with E-state index in [9.17, 15) is 9.18 Å². The minimum absolute atomic E-state index is 0.196. The molecule has 0 bridgehead atoms. The van der Waals surface area contributed by atoms with E-state index in [1.54, 1.807) is 50.1 Å². The van der Waals surface area contributed by atoms with Crippen LogP contribution in [0.2, 0.25) is 0 Å². The van der Waals surface area contributed by atoms with Crippen molar-refractivity contribution in [2.45, 2.75) is 18.8 Å². The summed E-state index contributed by atoms with van der Waals surface area (Å²) in [6, 6.07) is 13.9. The third-order valence-electron chi connectivity index (χ3n) is 3.50. The Bertz CT molecular complexity index is 696. The van der Waals surface area contributed by atoms with Crippen molar-refractivity contribution < 1.29 is 18.7 Å². The summed E-state index contributed by atoms with van der Waals surface area (Å²) >= 11 is 1.57. The van der Waals surface area contributed by atoms with Crippen LogP contribution in [0.3, 0.4) is 0 Å². The predicted octanol–water partition coefficient (Wildman–Crippen LogP) is 3.65. The average Bonchev–Trinajstić information content (AvgIpc) is 2.63. The highest BCUT2D eigenvalue weighted by Gasteiger charge is 2.16. The topological polar surface area (TPSA) is 47.6 Å². The zero-order valence-electron chi connectivity index (χ0n) is 14.3. The maximum absolute atomic E-state index is 13.5. The standard InChI is InChI=1S/C19H22FNO3S/c1-14(24-18-10-6-5-9-17(18)23-2)19(22)21-11-12-25-13-15-7-3-4-8-16(15)20/h3-10,14H,11-13H2,1-2H3,(H,21,22)/t14-/m0/s1. The van der Waals surface area contributed by atoms with Crippen LogP contribution in [-0.4, -0.2) is 31.4 Å². The van der Waals surface area contributed by atoms with Crippen LogP contribution in [0.15, 0.2) is 48.5 Å². The van der Waals surface area contributed by atoms with Gasteiger partial charge in [-0.2, -0.15) is 11.8 Å². The number of hydrogen-bond donors (Lipinski definition) is 1. The number of halogens is 1. The molecule has 4 nitrogen and oxygen atoms in total. The number of ether oxygens (including phenoxy) is 2. The van der Waals surface area contributed by atoms with Crippen LogP contribution in [0.25, 0.3) is 0 Å². The summed E-state index contributed by atoms with van der Waals surface area (Å²) in [5.74, 6) is 2.00. The lowest BCUT2D eigenvalue weighted by atomic mass is 10.2. The second kappa shape index (κ2) is 9.93. The maximum atomic E-state index is 13.5. The van der Waals surface area contributed by atoms with Crippen molar-refractivity contribution in [3.63, 3.8) is 0 Å². The maximum Gasteiger partial charge on any atom is 0.260 e. The highest BCUT2D eigenvalue weighted by molar-refractivity contribution is 7.98. The molecule has 0 unspecified atom stereocenters. The number of nitrogens with one attached hydrogen (secondary N) is 1. The number of methoxy groups -OCH3 is 1. The molecule has 1 N–H and O–H groups in total. The van der Waals surface area contributed by atoms with E-state index < -0.39 is 6.10 Å². The summed E-state index contributed by atoms with van der Waals surface area (Å²) < 4.78 is 24.3. The van der Waals surface area contributed by atoms with E-state index in [1.807, 2.05) is 18.2 Å². The largest absolute Gasteiger partial charge is 0.493 e. The average molecular weight is 363 g/mol. The van der Waals surface area contributed by atoms with Crippen LogP contribution in [-0.2, 0) is 10.5 Å². The number of benzene rings is 2. The van der Waals surface area contributed by atoms with E-state index in [0.29, 0.717) is 35.1 Å². The van der Waals surface area contributed by atoms with E-state index in [0.717, 1.165) is 0 Å². The Balaban J connectivity index is 1.70. The van der Waals surface area contributed by atoms with E-state index in [-0.39, 0.29) is 11.7 Å². The third-order valence-corrected chi connectivity index (χ3v) is 4.51. The van der Waals surface area contributed by atoms with Gasteiger partial charge < -0.3 is 14.8 Å². The van der Waals surface area contributed by atoms with E-state index in [4.69, 9.17) is 9.47 Å². The van der Waals surface area contributed by atoms with E-state index >= 15 is 0 Å². The fourth-order valence-electron chi connectivity index (χ4n) is 2.15. The first kappa shape index (κ1) is 19.1. The Morgan fingerprint density at radius 1 is 1.16 bits per heavy atom. The molecule has 25 heavy (non-hydrogen) atoms. The van der Waals surface area contributed by atoms with Gasteiger partial charge in [-0.3, -0.25) is 4.79 Å². The number of carbonyl (C=O) groups excluding carboxylic acids is 1. The normalized spacial score (nSPS) is 11.6. The molecule has 0 aromatic heterocycles. The number of thioether (sulfide) groups is 1. The van der Waals surface area contributed by atoms with Gasteiger partial charge in [-0.25, -0.2) is 4.39 Å². The van der Waals surface area contributed by atoms with Crippen LogP contribution in [0, 0.1) is 5.82 Å². The highest BCUT2D eigenvalue weighted by atomic mass is 32.2.